The second kappa shape index (κ2) is 6.34. The summed E-state index contributed by atoms with van der Waals surface area (Å²) in [5.74, 6) is 0.841. The van der Waals surface area contributed by atoms with E-state index in [1.165, 1.54) is 17.7 Å². The number of hydrogen-bond donors (Lipinski definition) is 2. The van der Waals surface area contributed by atoms with Gasteiger partial charge >= 0.3 is 0 Å². The molecule has 3 atom stereocenters. The molecule has 0 bridgehead atoms. The van der Waals surface area contributed by atoms with Crippen LogP contribution in [0.1, 0.15) is 44.0 Å². The molecule has 2 rings (SSSR count). The zero-order chi connectivity index (χ0) is 13.0. The summed E-state index contributed by atoms with van der Waals surface area (Å²) in [5.41, 5.74) is 0. The quantitative estimate of drug-likeness (QED) is 0.880. The Kier molecular flexibility index (Phi) is 4.78. The normalized spacial score (nSPS) is 25.7. The van der Waals surface area contributed by atoms with Gasteiger partial charge in [-0.15, -0.1) is 11.3 Å². The van der Waals surface area contributed by atoms with E-state index in [1.807, 2.05) is 18.4 Å². The van der Waals surface area contributed by atoms with E-state index >= 15 is 0 Å². The van der Waals surface area contributed by atoms with E-state index in [4.69, 9.17) is 0 Å². The molecule has 2 heterocycles. The van der Waals surface area contributed by atoms with Crippen LogP contribution in [-0.4, -0.2) is 18.5 Å². The van der Waals surface area contributed by atoms with Gasteiger partial charge in [-0.1, -0.05) is 19.4 Å². The van der Waals surface area contributed by atoms with Crippen LogP contribution >= 0.6 is 11.3 Å². The van der Waals surface area contributed by atoms with Crippen LogP contribution in [0, 0.1) is 5.92 Å². The Morgan fingerprint density at radius 2 is 2.50 bits per heavy atom. The van der Waals surface area contributed by atoms with Crippen LogP contribution in [0.4, 0.5) is 0 Å². The molecule has 0 aromatic carbocycles. The van der Waals surface area contributed by atoms with Gasteiger partial charge in [-0.25, -0.2) is 0 Å². The van der Waals surface area contributed by atoms with Crippen LogP contribution in [0.25, 0.3) is 0 Å². The molecule has 1 aromatic rings. The minimum absolute atomic E-state index is 0.00823. The van der Waals surface area contributed by atoms with E-state index in [1.54, 1.807) is 11.3 Å². The zero-order valence-corrected chi connectivity index (χ0v) is 11.9. The monoisotopic (exact) mass is 266 g/mol. The van der Waals surface area contributed by atoms with Gasteiger partial charge in [0, 0.05) is 4.88 Å². The summed E-state index contributed by atoms with van der Waals surface area (Å²) < 4.78 is 0. The van der Waals surface area contributed by atoms with E-state index in [2.05, 4.69) is 23.6 Å². The highest BCUT2D eigenvalue weighted by Crippen LogP contribution is 2.21. The number of rotatable bonds is 4. The van der Waals surface area contributed by atoms with Crippen molar-refractivity contribution in [3.63, 3.8) is 0 Å². The summed E-state index contributed by atoms with van der Waals surface area (Å²) in [6.07, 6.45) is 3.34. The summed E-state index contributed by atoms with van der Waals surface area (Å²) >= 11 is 1.69. The fourth-order valence-electron chi connectivity index (χ4n) is 2.49. The number of piperidine rings is 1. The topological polar surface area (TPSA) is 41.1 Å². The average molecular weight is 266 g/mol. The molecule has 4 heteroatoms. The number of carbonyl (C=O) groups is 1. The van der Waals surface area contributed by atoms with Crippen LogP contribution < -0.4 is 10.6 Å². The van der Waals surface area contributed by atoms with Gasteiger partial charge in [0.15, 0.2) is 0 Å². The molecule has 18 heavy (non-hydrogen) atoms. The molecule has 1 aromatic heterocycles. The Bertz CT molecular complexity index is 377. The number of hydrogen-bond acceptors (Lipinski definition) is 3. The molecule has 0 saturated carbocycles. The van der Waals surface area contributed by atoms with Gasteiger partial charge in [0.2, 0.25) is 5.91 Å². The van der Waals surface area contributed by atoms with Crippen molar-refractivity contribution in [1.29, 1.82) is 0 Å². The van der Waals surface area contributed by atoms with Gasteiger partial charge in [-0.2, -0.15) is 0 Å². The number of carbonyl (C=O) groups excluding carboxylic acids is 1. The van der Waals surface area contributed by atoms with Crippen molar-refractivity contribution in [2.75, 3.05) is 6.54 Å². The molecule has 0 aliphatic carbocycles. The lowest BCUT2D eigenvalue weighted by atomic mass is 9.90. The third-order valence-corrected chi connectivity index (χ3v) is 4.79. The van der Waals surface area contributed by atoms with Crippen LogP contribution in [0.2, 0.25) is 0 Å². The maximum absolute atomic E-state index is 12.2. The third-order valence-electron chi connectivity index (χ3n) is 3.73. The third kappa shape index (κ3) is 3.33. The summed E-state index contributed by atoms with van der Waals surface area (Å²) in [7, 11) is 0. The molecular weight excluding hydrogens is 244 g/mol. The lowest BCUT2D eigenvalue weighted by Crippen LogP contribution is -2.49. The van der Waals surface area contributed by atoms with Crippen LogP contribution in [0.15, 0.2) is 17.5 Å². The second-order valence-corrected chi connectivity index (χ2v) is 6.03. The van der Waals surface area contributed by atoms with Gasteiger partial charge in [0.05, 0.1) is 12.1 Å². The van der Waals surface area contributed by atoms with E-state index in [-0.39, 0.29) is 18.0 Å². The highest BCUT2D eigenvalue weighted by atomic mass is 32.1. The minimum Gasteiger partial charge on any atom is -0.347 e. The van der Waals surface area contributed by atoms with Crippen molar-refractivity contribution in [3.8, 4) is 0 Å². The van der Waals surface area contributed by atoms with Crippen molar-refractivity contribution in [1.82, 2.24) is 10.6 Å². The van der Waals surface area contributed by atoms with Gasteiger partial charge < -0.3 is 10.6 Å². The SMILES string of the molecule is CCC1CCNC(C(=O)NC(C)c2cccs2)C1. The van der Waals surface area contributed by atoms with Crippen molar-refractivity contribution in [3.05, 3.63) is 22.4 Å². The van der Waals surface area contributed by atoms with Crippen LogP contribution in [0.3, 0.4) is 0 Å². The fourth-order valence-corrected chi connectivity index (χ4v) is 3.22. The maximum atomic E-state index is 12.2. The Labute approximate surface area is 113 Å². The summed E-state index contributed by atoms with van der Waals surface area (Å²) in [4.78, 5) is 13.4. The van der Waals surface area contributed by atoms with Gasteiger partial charge in [0.25, 0.3) is 0 Å². The predicted molar refractivity (Wildman–Crippen MR) is 75.7 cm³/mol. The van der Waals surface area contributed by atoms with Crippen molar-refractivity contribution < 1.29 is 4.79 Å². The van der Waals surface area contributed by atoms with Crippen LogP contribution in [-0.2, 0) is 4.79 Å². The minimum atomic E-state index is -0.00823. The first-order valence-electron chi connectivity index (χ1n) is 6.77. The number of amides is 1. The number of thiophene rings is 1. The molecule has 2 N–H and O–H groups in total. The van der Waals surface area contributed by atoms with E-state index in [9.17, 15) is 4.79 Å². The predicted octanol–water partition coefficient (Wildman–Crippen LogP) is 2.70. The van der Waals surface area contributed by atoms with Gasteiger partial charge in [-0.05, 0) is 43.7 Å². The maximum Gasteiger partial charge on any atom is 0.237 e. The molecule has 1 aliphatic heterocycles. The van der Waals surface area contributed by atoms with Crippen molar-refractivity contribution >= 4 is 17.2 Å². The van der Waals surface area contributed by atoms with Crippen molar-refractivity contribution in [2.45, 2.75) is 45.2 Å². The fraction of sp³-hybridized carbons (Fsp3) is 0.643. The highest BCUT2D eigenvalue weighted by Gasteiger charge is 2.26. The molecule has 1 fully saturated rings. The summed E-state index contributed by atoms with van der Waals surface area (Å²) in [5, 5.41) is 8.48. The van der Waals surface area contributed by atoms with Gasteiger partial charge in [-0.3, -0.25) is 4.79 Å². The first-order valence-corrected chi connectivity index (χ1v) is 7.65. The van der Waals surface area contributed by atoms with E-state index in [0.717, 1.165) is 13.0 Å². The Morgan fingerprint density at radius 1 is 1.67 bits per heavy atom. The Hall–Kier alpha value is -0.870. The number of nitrogens with one attached hydrogen (secondary N) is 2. The van der Waals surface area contributed by atoms with Crippen molar-refractivity contribution in [2.24, 2.45) is 5.92 Å². The molecule has 1 aliphatic rings. The molecule has 0 spiro atoms. The average Bonchev–Trinajstić information content (AvgIpc) is 2.92. The lowest BCUT2D eigenvalue weighted by molar-refractivity contribution is -0.124. The standard InChI is InChI=1S/C14H22N2OS/c1-3-11-6-7-15-12(9-11)14(17)16-10(2)13-5-4-8-18-13/h4-5,8,10-12,15H,3,6-7,9H2,1-2H3,(H,16,17). The molecular formula is C14H22N2OS. The molecule has 3 unspecified atom stereocenters. The molecule has 1 amide bonds. The molecule has 0 radical (unpaired) electrons. The largest absolute Gasteiger partial charge is 0.347 e. The smallest absolute Gasteiger partial charge is 0.237 e. The summed E-state index contributed by atoms with van der Waals surface area (Å²) in [6.45, 7) is 5.22. The first-order chi connectivity index (χ1) is 8.70. The molecule has 1 saturated heterocycles. The highest BCUT2D eigenvalue weighted by molar-refractivity contribution is 7.10. The Balaban J connectivity index is 1.87. The van der Waals surface area contributed by atoms with E-state index in [0.29, 0.717) is 5.92 Å². The second-order valence-electron chi connectivity index (χ2n) is 5.05. The molecule has 100 valence electrons. The first kappa shape index (κ1) is 13.6. The van der Waals surface area contributed by atoms with E-state index < -0.39 is 0 Å². The summed E-state index contributed by atoms with van der Waals surface area (Å²) in [6, 6.07) is 4.19. The lowest BCUT2D eigenvalue weighted by Gasteiger charge is -2.29. The molecule has 3 nitrogen and oxygen atoms in total. The Morgan fingerprint density at radius 3 is 3.17 bits per heavy atom. The van der Waals surface area contributed by atoms with Crippen LogP contribution in [0.5, 0.6) is 0 Å². The van der Waals surface area contributed by atoms with Gasteiger partial charge in [0.1, 0.15) is 0 Å². The zero-order valence-electron chi connectivity index (χ0n) is 11.1.